The summed E-state index contributed by atoms with van der Waals surface area (Å²) >= 11 is 0. The molecule has 0 spiro atoms. The molecular formula is C13H17NO3S. The zero-order valence-electron chi connectivity index (χ0n) is 10.3. The number of carbonyl (C=O) groups excluding carboxylic acids is 1. The van der Waals surface area contributed by atoms with Crippen LogP contribution in [0.4, 0.5) is 0 Å². The van der Waals surface area contributed by atoms with Gasteiger partial charge in [0.05, 0.1) is 11.5 Å². The van der Waals surface area contributed by atoms with E-state index < -0.39 is 9.84 Å². The molecular weight excluding hydrogens is 250 g/mol. The fraction of sp³-hybridized carbons (Fsp3) is 0.462. The van der Waals surface area contributed by atoms with Crippen molar-refractivity contribution in [3.63, 3.8) is 0 Å². The van der Waals surface area contributed by atoms with Crippen LogP contribution in [0.25, 0.3) is 0 Å². The molecule has 18 heavy (non-hydrogen) atoms. The summed E-state index contributed by atoms with van der Waals surface area (Å²) in [5.41, 5.74) is 1.65. The molecule has 1 aliphatic heterocycles. The highest BCUT2D eigenvalue weighted by atomic mass is 32.2. The van der Waals surface area contributed by atoms with Crippen LogP contribution < -0.4 is 5.32 Å². The lowest BCUT2D eigenvalue weighted by molar-refractivity contribution is 0.0948. The molecule has 1 aromatic rings. The van der Waals surface area contributed by atoms with Gasteiger partial charge >= 0.3 is 0 Å². The van der Waals surface area contributed by atoms with Gasteiger partial charge in [-0.05, 0) is 31.4 Å². The normalized spacial score (nSPS) is 21.7. The van der Waals surface area contributed by atoms with E-state index in [2.05, 4.69) is 5.32 Å². The fourth-order valence-corrected chi connectivity index (χ4v) is 4.02. The van der Waals surface area contributed by atoms with Gasteiger partial charge in [0.2, 0.25) is 0 Å². The van der Waals surface area contributed by atoms with Gasteiger partial charge in [0, 0.05) is 12.1 Å². The summed E-state index contributed by atoms with van der Waals surface area (Å²) in [6.45, 7) is 2.37. The van der Waals surface area contributed by atoms with Crippen molar-refractivity contribution in [2.75, 3.05) is 18.1 Å². The maximum Gasteiger partial charge on any atom is 0.251 e. The number of nitrogens with one attached hydrogen (secondary N) is 1. The highest BCUT2D eigenvalue weighted by Crippen LogP contribution is 2.17. The molecule has 2 rings (SSSR count). The van der Waals surface area contributed by atoms with E-state index in [-0.39, 0.29) is 23.3 Å². The SMILES string of the molecule is Cc1cccc(C(=O)NC[C@H]2CCS(=O)(=O)C2)c1. The topological polar surface area (TPSA) is 63.2 Å². The Kier molecular flexibility index (Phi) is 3.71. The number of aryl methyl sites for hydroxylation is 1. The van der Waals surface area contributed by atoms with E-state index in [9.17, 15) is 13.2 Å². The second-order valence-corrected chi connectivity index (χ2v) is 7.08. The van der Waals surface area contributed by atoms with E-state index in [1.165, 1.54) is 0 Å². The number of amides is 1. The van der Waals surface area contributed by atoms with Gasteiger partial charge < -0.3 is 5.32 Å². The van der Waals surface area contributed by atoms with E-state index in [4.69, 9.17) is 0 Å². The Balaban J connectivity index is 1.90. The maximum atomic E-state index is 11.9. The predicted molar refractivity (Wildman–Crippen MR) is 70.3 cm³/mol. The molecule has 1 aromatic carbocycles. The first-order valence-corrected chi connectivity index (χ1v) is 7.84. The van der Waals surface area contributed by atoms with Crippen LogP contribution in [0.5, 0.6) is 0 Å². The molecule has 0 aliphatic carbocycles. The first-order chi connectivity index (χ1) is 8.46. The van der Waals surface area contributed by atoms with Gasteiger partial charge in [-0.1, -0.05) is 17.7 Å². The molecule has 1 saturated heterocycles. The van der Waals surface area contributed by atoms with Crippen molar-refractivity contribution in [3.8, 4) is 0 Å². The predicted octanol–water partition coefficient (Wildman–Crippen LogP) is 1.16. The highest BCUT2D eigenvalue weighted by molar-refractivity contribution is 7.91. The van der Waals surface area contributed by atoms with Crippen molar-refractivity contribution in [1.82, 2.24) is 5.32 Å². The average molecular weight is 267 g/mol. The lowest BCUT2D eigenvalue weighted by Crippen LogP contribution is -2.29. The van der Waals surface area contributed by atoms with E-state index in [1.54, 1.807) is 6.07 Å². The van der Waals surface area contributed by atoms with Crippen LogP contribution in [0.2, 0.25) is 0 Å². The zero-order chi connectivity index (χ0) is 13.2. The smallest absolute Gasteiger partial charge is 0.251 e. The van der Waals surface area contributed by atoms with Crippen LogP contribution in [0.1, 0.15) is 22.3 Å². The van der Waals surface area contributed by atoms with Crippen LogP contribution in [-0.4, -0.2) is 32.4 Å². The highest BCUT2D eigenvalue weighted by Gasteiger charge is 2.27. The molecule has 1 heterocycles. The van der Waals surface area contributed by atoms with Crippen molar-refractivity contribution in [2.24, 2.45) is 5.92 Å². The minimum absolute atomic E-state index is 0.0590. The Morgan fingerprint density at radius 2 is 2.22 bits per heavy atom. The number of benzene rings is 1. The number of carbonyl (C=O) groups is 1. The first kappa shape index (κ1) is 13.1. The summed E-state index contributed by atoms with van der Waals surface area (Å²) in [5.74, 6) is 0.366. The minimum atomic E-state index is -2.87. The number of rotatable bonds is 3. The Morgan fingerprint density at radius 1 is 1.44 bits per heavy atom. The van der Waals surface area contributed by atoms with Crippen LogP contribution in [0.15, 0.2) is 24.3 Å². The van der Waals surface area contributed by atoms with Gasteiger partial charge in [0.1, 0.15) is 0 Å². The summed E-state index contributed by atoms with van der Waals surface area (Å²) in [7, 11) is -2.87. The van der Waals surface area contributed by atoms with Gasteiger partial charge in [-0.3, -0.25) is 4.79 Å². The molecule has 0 aromatic heterocycles. The lowest BCUT2D eigenvalue weighted by atomic mass is 10.1. The van der Waals surface area contributed by atoms with E-state index in [0.717, 1.165) is 5.56 Å². The number of hydrogen-bond acceptors (Lipinski definition) is 3. The summed E-state index contributed by atoms with van der Waals surface area (Å²) in [4.78, 5) is 11.9. The molecule has 4 nitrogen and oxygen atoms in total. The van der Waals surface area contributed by atoms with E-state index in [1.807, 2.05) is 25.1 Å². The third-order valence-corrected chi connectivity index (χ3v) is 5.00. The van der Waals surface area contributed by atoms with Crippen LogP contribution in [0.3, 0.4) is 0 Å². The third kappa shape index (κ3) is 3.32. The number of sulfone groups is 1. The molecule has 0 bridgehead atoms. The summed E-state index contributed by atoms with van der Waals surface area (Å²) < 4.78 is 22.6. The molecule has 5 heteroatoms. The quantitative estimate of drug-likeness (QED) is 0.894. The van der Waals surface area contributed by atoms with Crippen LogP contribution >= 0.6 is 0 Å². The molecule has 1 fully saturated rings. The van der Waals surface area contributed by atoms with Crippen LogP contribution in [-0.2, 0) is 9.84 Å². The number of hydrogen-bond donors (Lipinski definition) is 1. The van der Waals surface area contributed by atoms with Crippen molar-refractivity contribution in [1.29, 1.82) is 0 Å². The van der Waals surface area contributed by atoms with Crippen molar-refractivity contribution >= 4 is 15.7 Å². The molecule has 0 unspecified atom stereocenters. The monoisotopic (exact) mass is 267 g/mol. The van der Waals surface area contributed by atoms with Crippen molar-refractivity contribution < 1.29 is 13.2 Å². The maximum absolute atomic E-state index is 11.9. The fourth-order valence-electron chi connectivity index (χ4n) is 2.16. The van der Waals surface area contributed by atoms with E-state index in [0.29, 0.717) is 18.5 Å². The summed E-state index contributed by atoms with van der Waals surface area (Å²) in [6, 6.07) is 7.35. The Morgan fingerprint density at radius 3 is 2.83 bits per heavy atom. The van der Waals surface area contributed by atoms with Gasteiger partial charge in [0.25, 0.3) is 5.91 Å². The molecule has 0 radical (unpaired) electrons. The Labute approximate surface area is 107 Å². The lowest BCUT2D eigenvalue weighted by Gasteiger charge is -2.09. The van der Waals surface area contributed by atoms with Gasteiger partial charge in [-0.15, -0.1) is 0 Å². The summed E-state index contributed by atoms with van der Waals surface area (Å²) in [5, 5.41) is 2.80. The third-order valence-electron chi connectivity index (χ3n) is 3.16. The first-order valence-electron chi connectivity index (χ1n) is 6.01. The van der Waals surface area contributed by atoms with E-state index >= 15 is 0 Å². The molecule has 1 atom stereocenters. The second kappa shape index (κ2) is 5.10. The van der Waals surface area contributed by atoms with Crippen LogP contribution in [0, 0.1) is 12.8 Å². The largest absolute Gasteiger partial charge is 0.352 e. The molecule has 1 N–H and O–H groups in total. The van der Waals surface area contributed by atoms with Crippen molar-refractivity contribution in [2.45, 2.75) is 13.3 Å². The Hall–Kier alpha value is -1.36. The minimum Gasteiger partial charge on any atom is -0.352 e. The second-order valence-electron chi connectivity index (χ2n) is 4.85. The van der Waals surface area contributed by atoms with Gasteiger partial charge in [-0.25, -0.2) is 8.42 Å². The standard InChI is InChI=1S/C13H17NO3S/c1-10-3-2-4-12(7-10)13(15)14-8-11-5-6-18(16,17)9-11/h2-4,7,11H,5-6,8-9H2,1H3,(H,14,15)/t11-/m1/s1. The molecule has 1 amide bonds. The summed E-state index contributed by atoms with van der Waals surface area (Å²) in [6.07, 6.45) is 0.649. The molecule has 98 valence electrons. The van der Waals surface area contributed by atoms with Gasteiger partial charge in [-0.2, -0.15) is 0 Å². The Bertz CT molecular complexity index is 551. The van der Waals surface area contributed by atoms with Gasteiger partial charge in [0.15, 0.2) is 9.84 Å². The average Bonchev–Trinajstić information content (AvgIpc) is 2.66. The molecule has 1 aliphatic rings. The zero-order valence-corrected chi connectivity index (χ0v) is 11.2. The van der Waals surface area contributed by atoms with Crippen molar-refractivity contribution in [3.05, 3.63) is 35.4 Å². The molecule has 0 saturated carbocycles.